The normalized spacial score (nSPS) is 17.5. The molecule has 1 atom stereocenters. The minimum atomic E-state index is -1.24. The van der Waals surface area contributed by atoms with Crippen molar-refractivity contribution < 1.29 is 4.55 Å². The van der Waals surface area contributed by atoms with Crippen LogP contribution in [0.3, 0.4) is 0 Å². The van der Waals surface area contributed by atoms with Gasteiger partial charge in [-0.15, -0.1) is 4.31 Å². The van der Waals surface area contributed by atoms with Gasteiger partial charge in [0, 0.05) is 63.6 Å². The summed E-state index contributed by atoms with van der Waals surface area (Å²) in [6.07, 6.45) is 1.74. The minimum absolute atomic E-state index is 0.613. The summed E-state index contributed by atoms with van der Waals surface area (Å²) < 4.78 is 15.8. The van der Waals surface area contributed by atoms with Crippen molar-refractivity contribution in [3.05, 3.63) is 82.5 Å². The molecule has 2 fully saturated rings. The third-order valence-electron chi connectivity index (χ3n) is 7.63. The van der Waals surface area contributed by atoms with E-state index in [2.05, 4.69) is 50.9 Å². The third-order valence-corrected chi connectivity index (χ3v) is 9.28. The summed E-state index contributed by atoms with van der Waals surface area (Å²) in [6, 6.07) is 20.1. The number of hydrogen-bond acceptors (Lipinski definition) is 8. The molecule has 2 aliphatic heterocycles. The maximum atomic E-state index is 13.7. The zero-order valence-electron chi connectivity index (χ0n) is 22.5. The molecular formula is C30H33N7OS. The fourth-order valence-corrected chi connectivity index (χ4v) is 6.76. The van der Waals surface area contributed by atoms with Crippen molar-refractivity contribution in [2.24, 2.45) is 0 Å². The van der Waals surface area contributed by atoms with Gasteiger partial charge in [-0.05, 0) is 49.2 Å². The Kier molecular flexibility index (Phi) is 8.35. The number of nitrogens with zero attached hydrogens (tertiary/aromatic N) is 7. The van der Waals surface area contributed by atoms with Crippen LogP contribution in [0.5, 0.6) is 0 Å². The molecule has 2 saturated heterocycles. The molecule has 3 heterocycles. The molecule has 0 N–H and O–H groups in total. The SMILES string of the molecule is Cc1cc(C)c([S+]([O-])N2CCN(c3ccccc3C#N)CC2)cc1CN1CCN(c2ncccc2C#N)CC1. The molecule has 0 radical (unpaired) electrons. The molecule has 0 bridgehead atoms. The second-order valence-electron chi connectivity index (χ2n) is 10.1. The molecule has 200 valence electrons. The Bertz CT molecular complexity index is 1400. The fourth-order valence-electron chi connectivity index (χ4n) is 5.41. The second-order valence-corrected chi connectivity index (χ2v) is 11.5. The van der Waals surface area contributed by atoms with Crippen LogP contribution in [0.1, 0.15) is 27.8 Å². The summed E-state index contributed by atoms with van der Waals surface area (Å²) in [5.41, 5.74) is 5.71. The van der Waals surface area contributed by atoms with Gasteiger partial charge in [-0.2, -0.15) is 10.5 Å². The zero-order chi connectivity index (χ0) is 27.4. The molecule has 1 aromatic heterocycles. The first-order valence-electron chi connectivity index (χ1n) is 13.3. The van der Waals surface area contributed by atoms with E-state index < -0.39 is 11.4 Å². The summed E-state index contributed by atoms with van der Waals surface area (Å²) >= 11 is -1.24. The standard InChI is InChI=1S/C30H33N7OS/c1-23-18-24(2)29(39(38)37-16-14-35(15-17-37)28-8-4-3-6-25(28)20-31)19-27(23)22-34-10-12-36(13-11-34)30-26(21-32)7-5-9-33-30/h3-9,18-19H,10-17,22H2,1-2H3. The second kappa shape index (κ2) is 12.1. The van der Waals surface area contributed by atoms with E-state index in [1.807, 2.05) is 41.6 Å². The molecule has 0 aliphatic carbocycles. The average Bonchev–Trinajstić information content (AvgIpc) is 2.98. The van der Waals surface area contributed by atoms with E-state index in [9.17, 15) is 15.1 Å². The van der Waals surface area contributed by atoms with Gasteiger partial charge in [-0.3, -0.25) is 4.90 Å². The van der Waals surface area contributed by atoms with E-state index in [1.54, 1.807) is 12.3 Å². The Morgan fingerprint density at radius 3 is 2.21 bits per heavy atom. The smallest absolute Gasteiger partial charge is 0.177 e. The van der Waals surface area contributed by atoms with Gasteiger partial charge in [-0.1, -0.05) is 18.2 Å². The van der Waals surface area contributed by atoms with Crippen LogP contribution in [0.2, 0.25) is 0 Å². The molecule has 8 nitrogen and oxygen atoms in total. The van der Waals surface area contributed by atoms with E-state index in [-0.39, 0.29) is 0 Å². The number of anilines is 2. The van der Waals surface area contributed by atoms with E-state index >= 15 is 0 Å². The molecular weight excluding hydrogens is 506 g/mol. The number of benzene rings is 2. The van der Waals surface area contributed by atoms with Crippen LogP contribution >= 0.6 is 0 Å². The highest BCUT2D eigenvalue weighted by molar-refractivity contribution is 7.89. The van der Waals surface area contributed by atoms with E-state index in [0.717, 1.165) is 67.8 Å². The molecule has 5 rings (SSSR count). The Morgan fingerprint density at radius 2 is 1.49 bits per heavy atom. The highest BCUT2D eigenvalue weighted by Gasteiger charge is 2.30. The summed E-state index contributed by atoms with van der Waals surface area (Å²) in [5.74, 6) is 0.764. The largest absolute Gasteiger partial charge is 0.593 e. The number of hydrogen-bond donors (Lipinski definition) is 0. The Hall–Kier alpha value is -3.60. The van der Waals surface area contributed by atoms with Gasteiger partial charge >= 0.3 is 0 Å². The van der Waals surface area contributed by atoms with Crippen LogP contribution in [-0.4, -0.2) is 71.1 Å². The molecule has 9 heteroatoms. The van der Waals surface area contributed by atoms with Crippen LogP contribution in [0.25, 0.3) is 0 Å². The van der Waals surface area contributed by atoms with E-state index in [1.165, 1.54) is 11.1 Å². The zero-order valence-corrected chi connectivity index (χ0v) is 23.3. The Balaban J connectivity index is 1.23. The molecule has 0 amide bonds. The Labute approximate surface area is 234 Å². The van der Waals surface area contributed by atoms with Gasteiger partial charge in [0.25, 0.3) is 0 Å². The predicted molar refractivity (Wildman–Crippen MR) is 154 cm³/mol. The van der Waals surface area contributed by atoms with Gasteiger partial charge in [0.2, 0.25) is 0 Å². The number of para-hydroxylation sites is 1. The lowest BCUT2D eigenvalue weighted by molar-refractivity contribution is 0.248. The minimum Gasteiger partial charge on any atom is -0.593 e. The van der Waals surface area contributed by atoms with Crippen molar-refractivity contribution in [1.29, 1.82) is 10.5 Å². The summed E-state index contributed by atoms with van der Waals surface area (Å²) in [7, 11) is 0. The van der Waals surface area contributed by atoms with Gasteiger partial charge in [0.15, 0.2) is 4.90 Å². The number of aryl methyl sites for hydroxylation is 2. The molecule has 1 unspecified atom stereocenters. The molecule has 2 aromatic carbocycles. The number of nitriles is 2. The maximum Gasteiger partial charge on any atom is 0.177 e. The average molecular weight is 540 g/mol. The summed E-state index contributed by atoms with van der Waals surface area (Å²) in [6.45, 7) is 11.2. The number of piperazine rings is 2. The van der Waals surface area contributed by atoms with Crippen LogP contribution < -0.4 is 9.80 Å². The summed E-state index contributed by atoms with van der Waals surface area (Å²) in [4.78, 5) is 12.1. The van der Waals surface area contributed by atoms with Gasteiger partial charge in [0.1, 0.15) is 18.0 Å². The lowest BCUT2D eigenvalue weighted by Gasteiger charge is -2.36. The first-order chi connectivity index (χ1) is 19.0. The highest BCUT2D eigenvalue weighted by Crippen LogP contribution is 2.28. The van der Waals surface area contributed by atoms with Crippen LogP contribution in [0.15, 0.2) is 59.6 Å². The quantitative estimate of drug-likeness (QED) is 0.439. The number of pyridine rings is 1. The van der Waals surface area contributed by atoms with Crippen LogP contribution in [0.4, 0.5) is 11.5 Å². The van der Waals surface area contributed by atoms with Crippen LogP contribution in [0, 0.1) is 36.5 Å². The van der Waals surface area contributed by atoms with E-state index in [0.29, 0.717) is 24.2 Å². The first-order valence-corrected chi connectivity index (χ1v) is 14.4. The van der Waals surface area contributed by atoms with Crippen molar-refractivity contribution in [3.8, 4) is 12.1 Å². The number of rotatable bonds is 6. The molecule has 0 saturated carbocycles. The van der Waals surface area contributed by atoms with Gasteiger partial charge < -0.3 is 14.4 Å². The molecule has 2 aliphatic rings. The van der Waals surface area contributed by atoms with Gasteiger partial charge in [0.05, 0.1) is 41.3 Å². The van der Waals surface area contributed by atoms with Gasteiger partial charge in [-0.25, -0.2) is 4.98 Å². The topological polar surface area (TPSA) is 96.5 Å². The van der Waals surface area contributed by atoms with Crippen molar-refractivity contribution in [2.75, 3.05) is 62.2 Å². The molecule has 0 spiro atoms. The summed E-state index contributed by atoms with van der Waals surface area (Å²) in [5, 5.41) is 18.9. The van der Waals surface area contributed by atoms with Crippen molar-refractivity contribution in [2.45, 2.75) is 25.3 Å². The van der Waals surface area contributed by atoms with Crippen molar-refractivity contribution in [3.63, 3.8) is 0 Å². The molecule has 3 aromatic rings. The first kappa shape index (κ1) is 27.0. The van der Waals surface area contributed by atoms with Crippen molar-refractivity contribution >= 4 is 22.9 Å². The predicted octanol–water partition coefficient (Wildman–Crippen LogP) is 3.61. The van der Waals surface area contributed by atoms with E-state index in [4.69, 9.17) is 0 Å². The van der Waals surface area contributed by atoms with Crippen molar-refractivity contribution in [1.82, 2.24) is 14.2 Å². The monoisotopic (exact) mass is 539 g/mol. The fraction of sp³-hybridized carbons (Fsp3) is 0.367. The molecule has 39 heavy (non-hydrogen) atoms. The lowest BCUT2D eigenvalue weighted by atomic mass is 10.0. The maximum absolute atomic E-state index is 13.7. The third kappa shape index (κ3) is 5.88. The Morgan fingerprint density at radius 1 is 0.821 bits per heavy atom. The number of aromatic nitrogens is 1. The highest BCUT2D eigenvalue weighted by atomic mass is 32.2. The lowest BCUT2D eigenvalue weighted by Crippen LogP contribution is -2.49. The van der Waals surface area contributed by atoms with Crippen LogP contribution in [-0.2, 0) is 17.9 Å².